The largest absolute Gasteiger partial charge is 0.452 e. The average molecular weight is 434 g/mol. The molecule has 2 aromatic carbocycles. The highest BCUT2D eigenvalue weighted by molar-refractivity contribution is 7.98. The van der Waals surface area contributed by atoms with E-state index in [-0.39, 0.29) is 16.4 Å². The number of benzene rings is 2. The molecule has 0 fully saturated rings. The number of aryl methyl sites for hydroxylation is 1. The van der Waals surface area contributed by atoms with Crippen LogP contribution in [0.2, 0.25) is 5.02 Å². The number of ether oxygens (including phenoxy) is 1. The van der Waals surface area contributed by atoms with Crippen LogP contribution in [-0.4, -0.2) is 34.5 Å². The Morgan fingerprint density at radius 1 is 1.21 bits per heavy atom. The van der Waals surface area contributed by atoms with Crippen molar-refractivity contribution in [2.75, 3.05) is 18.2 Å². The molecule has 9 heteroatoms. The molecular formula is C20H17ClFN3O3S. The minimum absolute atomic E-state index is 0.193. The number of hydrogen-bond donors (Lipinski definition) is 1. The topological polar surface area (TPSA) is 73.2 Å². The Labute approximate surface area is 176 Å². The van der Waals surface area contributed by atoms with Gasteiger partial charge in [-0.15, -0.1) is 11.8 Å². The average Bonchev–Trinajstić information content (AvgIpc) is 3.07. The Kier molecular flexibility index (Phi) is 6.56. The maximum atomic E-state index is 13.2. The van der Waals surface area contributed by atoms with Crippen molar-refractivity contribution in [1.82, 2.24) is 9.78 Å². The second-order valence-electron chi connectivity index (χ2n) is 6.03. The van der Waals surface area contributed by atoms with Crippen molar-refractivity contribution >= 4 is 41.1 Å². The van der Waals surface area contributed by atoms with Crippen LogP contribution in [0.5, 0.6) is 0 Å². The van der Waals surface area contributed by atoms with Crippen LogP contribution in [0.25, 0.3) is 5.69 Å². The number of aromatic nitrogens is 2. The van der Waals surface area contributed by atoms with Gasteiger partial charge >= 0.3 is 5.97 Å². The minimum Gasteiger partial charge on any atom is -0.452 e. The number of rotatable bonds is 6. The summed E-state index contributed by atoms with van der Waals surface area (Å²) in [5.74, 6) is -1.24. The molecule has 150 valence electrons. The van der Waals surface area contributed by atoms with E-state index in [9.17, 15) is 14.0 Å². The molecule has 0 atom stereocenters. The molecule has 1 amide bonds. The van der Waals surface area contributed by atoms with Crippen molar-refractivity contribution in [3.63, 3.8) is 0 Å². The van der Waals surface area contributed by atoms with Crippen molar-refractivity contribution in [1.29, 1.82) is 0 Å². The lowest BCUT2D eigenvalue weighted by Gasteiger charge is -2.10. The van der Waals surface area contributed by atoms with Crippen molar-refractivity contribution in [2.24, 2.45) is 0 Å². The molecule has 0 bridgehead atoms. The molecule has 0 aliphatic heterocycles. The summed E-state index contributed by atoms with van der Waals surface area (Å²) >= 11 is 7.51. The molecule has 1 N–H and O–H groups in total. The van der Waals surface area contributed by atoms with E-state index in [2.05, 4.69) is 10.4 Å². The molecule has 0 saturated heterocycles. The van der Waals surface area contributed by atoms with Crippen molar-refractivity contribution in [3.05, 3.63) is 70.6 Å². The number of halogens is 2. The number of amides is 1. The fraction of sp³-hybridized carbons (Fsp3) is 0.150. The van der Waals surface area contributed by atoms with Gasteiger partial charge in [0.25, 0.3) is 5.91 Å². The van der Waals surface area contributed by atoms with Gasteiger partial charge in [0.1, 0.15) is 11.6 Å². The third kappa shape index (κ3) is 5.16. The smallest absolute Gasteiger partial charge is 0.340 e. The van der Waals surface area contributed by atoms with Crippen LogP contribution < -0.4 is 5.32 Å². The first kappa shape index (κ1) is 20.9. The SMILES string of the molecule is CSc1ccc(Cl)c(C(=O)OCC(=O)Nc2cc(C)nn2-c2ccc(F)cc2)c1. The van der Waals surface area contributed by atoms with Gasteiger partial charge in [-0.3, -0.25) is 4.79 Å². The van der Waals surface area contributed by atoms with E-state index in [0.717, 1.165) is 4.90 Å². The molecule has 3 aromatic rings. The zero-order valence-electron chi connectivity index (χ0n) is 15.6. The first-order valence-electron chi connectivity index (χ1n) is 8.50. The molecule has 1 aromatic heterocycles. The van der Waals surface area contributed by atoms with Crippen LogP contribution in [0.4, 0.5) is 10.2 Å². The lowest BCUT2D eigenvalue weighted by atomic mass is 10.2. The molecule has 3 rings (SSSR count). The number of nitrogens with one attached hydrogen (secondary N) is 1. The minimum atomic E-state index is -0.690. The molecule has 29 heavy (non-hydrogen) atoms. The predicted octanol–water partition coefficient (Wildman–Crippen LogP) is 4.49. The molecular weight excluding hydrogens is 417 g/mol. The Hall–Kier alpha value is -2.84. The van der Waals surface area contributed by atoms with Gasteiger partial charge < -0.3 is 10.1 Å². The standard InChI is InChI=1S/C20H17ClFN3O3S/c1-12-9-18(25(24-12)14-5-3-13(22)4-6-14)23-19(26)11-28-20(27)16-10-15(29-2)7-8-17(16)21/h3-10H,11H2,1-2H3,(H,23,26). The van der Waals surface area contributed by atoms with Gasteiger partial charge in [-0.2, -0.15) is 5.10 Å². The number of esters is 1. The fourth-order valence-electron chi connectivity index (χ4n) is 2.54. The first-order chi connectivity index (χ1) is 13.9. The second kappa shape index (κ2) is 9.11. The van der Waals surface area contributed by atoms with Gasteiger partial charge in [0.2, 0.25) is 0 Å². The highest BCUT2D eigenvalue weighted by Crippen LogP contribution is 2.24. The van der Waals surface area contributed by atoms with Crippen molar-refractivity contribution in [3.8, 4) is 5.69 Å². The number of anilines is 1. The van der Waals surface area contributed by atoms with E-state index in [1.54, 1.807) is 31.2 Å². The van der Waals surface area contributed by atoms with E-state index >= 15 is 0 Å². The Balaban J connectivity index is 1.67. The number of hydrogen-bond acceptors (Lipinski definition) is 5. The zero-order chi connectivity index (χ0) is 21.0. The lowest BCUT2D eigenvalue weighted by molar-refractivity contribution is -0.119. The van der Waals surface area contributed by atoms with E-state index in [1.165, 1.54) is 40.7 Å². The second-order valence-corrected chi connectivity index (χ2v) is 7.32. The third-order valence-corrected chi connectivity index (χ3v) is 4.95. The van der Waals surface area contributed by atoms with Gasteiger partial charge in [-0.05, 0) is 55.6 Å². The molecule has 0 aliphatic carbocycles. The summed E-state index contributed by atoms with van der Waals surface area (Å²) in [6.45, 7) is 1.27. The fourth-order valence-corrected chi connectivity index (χ4v) is 3.18. The van der Waals surface area contributed by atoms with Crippen LogP contribution >= 0.6 is 23.4 Å². The van der Waals surface area contributed by atoms with E-state index in [1.807, 2.05) is 6.26 Å². The molecule has 0 unspecified atom stereocenters. The number of carbonyl (C=O) groups is 2. The highest BCUT2D eigenvalue weighted by atomic mass is 35.5. The molecule has 0 saturated carbocycles. The van der Waals surface area contributed by atoms with Gasteiger partial charge in [0.15, 0.2) is 6.61 Å². The summed E-state index contributed by atoms with van der Waals surface area (Å²) in [7, 11) is 0. The maximum Gasteiger partial charge on any atom is 0.340 e. The predicted molar refractivity (Wildman–Crippen MR) is 110 cm³/mol. The summed E-state index contributed by atoms with van der Waals surface area (Å²) in [4.78, 5) is 25.4. The lowest BCUT2D eigenvalue weighted by Crippen LogP contribution is -2.22. The maximum absolute atomic E-state index is 13.2. The summed E-state index contributed by atoms with van der Waals surface area (Å²) in [5, 5.41) is 7.18. The monoisotopic (exact) mass is 433 g/mol. The summed E-state index contributed by atoms with van der Waals surface area (Å²) < 4.78 is 19.7. The van der Waals surface area contributed by atoms with Gasteiger partial charge in [0.05, 0.1) is 22.0 Å². The van der Waals surface area contributed by atoms with Crippen LogP contribution in [0.1, 0.15) is 16.1 Å². The van der Waals surface area contributed by atoms with Crippen molar-refractivity contribution < 1.29 is 18.7 Å². The molecule has 0 spiro atoms. The number of nitrogens with zero attached hydrogens (tertiary/aromatic N) is 2. The van der Waals surface area contributed by atoms with Gasteiger partial charge in [-0.25, -0.2) is 13.9 Å². The Bertz CT molecular complexity index is 1050. The third-order valence-electron chi connectivity index (χ3n) is 3.90. The van der Waals surface area contributed by atoms with Crippen LogP contribution in [0.3, 0.4) is 0 Å². The zero-order valence-corrected chi connectivity index (χ0v) is 17.2. The molecule has 0 aliphatic rings. The highest BCUT2D eigenvalue weighted by Gasteiger charge is 2.16. The quantitative estimate of drug-likeness (QED) is 0.458. The van der Waals surface area contributed by atoms with E-state index in [0.29, 0.717) is 17.2 Å². The first-order valence-corrected chi connectivity index (χ1v) is 10.1. The number of carbonyl (C=O) groups excluding carboxylic acids is 2. The molecule has 0 radical (unpaired) electrons. The summed E-state index contributed by atoms with van der Waals surface area (Å²) in [5.41, 5.74) is 1.42. The summed E-state index contributed by atoms with van der Waals surface area (Å²) in [6, 6.07) is 12.3. The van der Waals surface area contributed by atoms with Crippen molar-refractivity contribution in [2.45, 2.75) is 11.8 Å². The van der Waals surface area contributed by atoms with Crippen LogP contribution in [-0.2, 0) is 9.53 Å². The van der Waals surface area contributed by atoms with Crippen LogP contribution in [0, 0.1) is 12.7 Å². The van der Waals surface area contributed by atoms with Gasteiger partial charge in [0, 0.05) is 11.0 Å². The van der Waals surface area contributed by atoms with E-state index < -0.39 is 18.5 Å². The van der Waals surface area contributed by atoms with Crippen LogP contribution in [0.15, 0.2) is 53.4 Å². The molecule has 1 heterocycles. The Morgan fingerprint density at radius 2 is 1.93 bits per heavy atom. The number of thioether (sulfide) groups is 1. The Morgan fingerprint density at radius 3 is 2.62 bits per heavy atom. The van der Waals surface area contributed by atoms with Gasteiger partial charge in [-0.1, -0.05) is 11.6 Å². The normalized spacial score (nSPS) is 10.6. The molecule has 6 nitrogen and oxygen atoms in total. The summed E-state index contributed by atoms with van der Waals surface area (Å²) in [6.07, 6.45) is 1.87. The van der Waals surface area contributed by atoms with E-state index in [4.69, 9.17) is 16.3 Å².